The van der Waals surface area contributed by atoms with Gasteiger partial charge in [0.05, 0.1) is 0 Å². The molecule has 0 saturated carbocycles. The van der Waals surface area contributed by atoms with Gasteiger partial charge in [0.1, 0.15) is 0 Å². The van der Waals surface area contributed by atoms with Gasteiger partial charge in [-0.1, -0.05) is 20.8 Å². The van der Waals surface area contributed by atoms with Gasteiger partial charge in [0.15, 0.2) is 0 Å². The number of carbonyl (C=O) groups is 3. The van der Waals surface area contributed by atoms with Gasteiger partial charge in [0.25, 0.3) is 0 Å². The average Bonchev–Trinajstić information content (AvgIpc) is 2.37. The fraction of sp³-hybridized carbons (Fsp3) is 0.800. The van der Waals surface area contributed by atoms with E-state index in [4.69, 9.17) is 5.11 Å². The number of urea groups is 1. The summed E-state index contributed by atoms with van der Waals surface area (Å²) in [5, 5.41) is 11.0. The summed E-state index contributed by atoms with van der Waals surface area (Å²) < 4.78 is 0. The van der Waals surface area contributed by atoms with Crippen molar-refractivity contribution in [1.82, 2.24) is 10.2 Å². The summed E-state index contributed by atoms with van der Waals surface area (Å²) in [6.07, 6.45) is 1.92. The summed E-state index contributed by atoms with van der Waals surface area (Å²) in [6, 6.07) is -0.357. The van der Waals surface area contributed by atoms with Gasteiger partial charge in [-0.25, -0.2) is 4.79 Å². The fourth-order valence-electron chi connectivity index (χ4n) is 2.71. The predicted molar refractivity (Wildman–Crippen MR) is 78.7 cm³/mol. The van der Waals surface area contributed by atoms with Crippen LogP contribution in [0.25, 0.3) is 0 Å². The van der Waals surface area contributed by atoms with Crippen LogP contribution in [0.15, 0.2) is 0 Å². The van der Waals surface area contributed by atoms with Gasteiger partial charge in [-0.2, -0.15) is 0 Å². The van der Waals surface area contributed by atoms with E-state index >= 15 is 0 Å². The van der Waals surface area contributed by atoms with E-state index in [1.54, 1.807) is 11.8 Å². The van der Waals surface area contributed by atoms with Crippen molar-refractivity contribution in [2.45, 2.75) is 46.5 Å². The quantitative estimate of drug-likeness (QED) is 0.813. The maximum atomic E-state index is 12.0. The van der Waals surface area contributed by atoms with Gasteiger partial charge in [-0.3, -0.25) is 14.9 Å². The molecule has 0 aromatic rings. The van der Waals surface area contributed by atoms with Crippen LogP contribution >= 0.6 is 0 Å². The third-order valence-electron chi connectivity index (χ3n) is 4.07. The molecule has 0 aliphatic carbocycles. The number of carboxylic acid groups (broad SMARTS) is 1. The van der Waals surface area contributed by atoms with Gasteiger partial charge in [-0.15, -0.1) is 0 Å². The minimum atomic E-state index is -0.933. The van der Waals surface area contributed by atoms with Crippen molar-refractivity contribution in [3.05, 3.63) is 0 Å². The Morgan fingerprint density at radius 1 is 1.14 bits per heavy atom. The minimum Gasteiger partial charge on any atom is -0.481 e. The summed E-state index contributed by atoms with van der Waals surface area (Å²) in [5.41, 5.74) is 0. The third kappa shape index (κ3) is 6.14. The van der Waals surface area contributed by atoms with E-state index in [0.717, 1.165) is 12.8 Å². The van der Waals surface area contributed by atoms with Crippen molar-refractivity contribution >= 4 is 17.9 Å². The first-order valence-electron chi connectivity index (χ1n) is 7.60. The number of rotatable bonds is 5. The number of carboxylic acids is 1. The molecule has 1 aliphatic heterocycles. The molecule has 1 aliphatic rings. The van der Waals surface area contributed by atoms with E-state index in [1.807, 2.05) is 0 Å². The first-order valence-corrected chi connectivity index (χ1v) is 7.60. The van der Waals surface area contributed by atoms with Crippen LogP contribution in [0.1, 0.15) is 46.5 Å². The van der Waals surface area contributed by atoms with Crippen molar-refractivity contribution in [3.63, 3.8) is 0 Å². The number of imide groups is 1. The SMILES string of the molecule is CC(CC(=O)O)CC(=O)NC(=O)N1CCC(C(C)C)CC1. The van der Waals surface area contributed by atoms with E-state index in [2.05, 4.69) is 19.2 Å². The standard InChI is InChI=1S/C15H26N2O4/c1-10(2)12-4-6-17(7-5-12)15(21)16-13(18)8-11(3)9-14(19)20/h10-12H,4-9H2,1-3H3,(H,19,20)(H,16,18,21). The first-order chi connectivity index (χ1) is 9.79. The number of aliphatic carboxylic acids is 1. The molecule has 6 heteroatoms. The predicted octanol–water partition coefficient (Wildman–Crippen LogP) is 2.09. The molecule has 1 rings (SSSR count). The second-order valence-corrected chi connectivity index (χ2v) is 6.33. The van der Waals surface area contributed by atoms with E-state index in [9.17, 15) is 14.4 Å². The normalized spacial score (nSPS) is 17.6. The minimum absolute atomic E-state index is 0.0561. The molecule has 21 heavy (non-hydrogen) atoms. The summed E-state index contributed by atoms with van der Waals surface area (Å²) >= 11 is 0. The zero-order chi connectivity index (χ0) is 16.0. The number of likely N-dealkylation sites (tertiary alicyclic amines) is 1. The lowest BCUT2D eigenvalue weighted by molar-refractivity contribution is -0.138. The smallest absolute Gasteiger partial charge is 0.324 e. The van der Waals surface area contributed by atoms with E-state index in [0.29, 0.717) is 24.9 Å². The molecule has 1 unspecified atom stereocenters. The highest BCUT2D eigenvalue weighted by atomic mass is 16.4. The van der Waals surface area contributed by atoms with Crippen LogP contribution in [-0.4, -0.2) is 41.0 Å². The molecule has 1 atom stereocenters. The molecule has 1 heterocycles. The maximum Gasteiger partial charge on any atom is 0.324 e. The van der Waals surface area contributed by atoms with E-state index < -0.39 is 11.9 Å². The fourth-order valence-corrected chi connectivity index (χ4v) is 2.71. The van der Waals surface area contributed by atoms with E-state index in [1.165, 1.54) is 0 Å². The number of nitrogens with zero attached hydrogens (tertiary/aromatic N) is 1. The van der Waals surface area contributed by atoms with Crippen molar-refractivity contribution in [1.29, 1.82) is 0 Å². The second-order valence-electron chi connectivity index (χ2n) is 6.33. The molecule has 0 aromatic carbocycles. The largest absolute Gasteiger partial charge is 0.481 e. The molecule has 3 amide bonds. The average molecular weight is 298 g/mol. The number of nitrogens with one attached hydrogen (secondary N) is 1. The van der Waals surface area contributed by atoms with Gasteiger partial charge in [0, 0.05) is 25.9 Å². The van der Waals surface area contributed by atoms with Crippen LogP contribution in [0, 0.1) is 17.8 Å². The summed E-state index contributed by atoms with van der Waals surface area (Å²) in [5.74, 6) is -0.354. The highest BCUT2D eigenvalue weighted by Gasteiger charge is 2.25. The Morgan fingerprint density at radius 2 is 1.71 bits per heavy atom. The lowest BCUT2D eigenvalue weighted by Gasteiger charge is -2.33. The summed E-state index contributed by atoms with van der Waals surface area (Å²) in [6.45, 7) is 7.41. The molecule has 0 radical (unpaired) electrons. The highest BCUT2D eigenvalue weighted by Crippen LogP contribution is 2.24. The Hall–Kier alpha value is -1.59. The van der Waals surface area contributed by atoms with Crippen molar-refractivity contribution in [2.24, 2.45) is 17.8 Å². The number of carbonyl (C=O) groups excluding carboxylic acids is 2. The molecule has 0 aromatic heterocycles. The van der Waals surface area contributed by atoms with Crippen molar-refractivity contribution in [2.75, 3.05) is 13.1 Å². The number of piperidine rings is 1. The van der Waals surface area contributed by atoms with Crippen LogP contribution in [0.2, 0.25) is 0 Å². The lowest BCUT2D eigenvalue weighted by atomic mass is 9.87. The van der Waals surface area contributed by atoms with Gasteiger partial charge >= 0.3 is 12.0 Å². The zero-order valence-electron chi connectivity index (χ0n) is 13.1. The second kappa shape index (κ2) is 8.00. The van der Waals surface area contributed by atoms with Crippen molar-refractivity contribution < 1.29 is 19.5 Å². The first kappa shape index (κ1) is 17.5. The third-order valence-corrected chi connectivity index (χ3v) is 4.07. The van der Waals surface area contributed by atoms with Crippen molar-refractivity contribution in [3.8, 4) is 0 Å². The maximum absolute atomic E-state index is 12.0. The zero-order valence-corrected chi connectivity index (χ0v) is 13.1. The van der Waals surface area contributed by atoms with E-state index in [-0.39, 0.29) is 24.8 Å². The molecule has 120 valence electrons. The Morgan fingerprint density at radius 3 is 2.19 bits per heavy atom. The van der Waals surface area contributed by atoms with Crippen LogP contribution < -0.4 is 5.32 Å². The molecule has 1 saturated heterocycles. The van der Waals surface area contributed by atoms with Gasteiger partial charge in [0.2, 0.25) is 5.91 Å². The molecular formula is C15H26N2O4. The molecule has 0 bridgehead atoms. The number of hydrogen-bond donors (Lipinski definition) is 2. The van der Waals surface area contributed by atoms with Crippen LogP contribution in [0.3, 0.4) is 0 Å². The highest BCUT2D eigenvalue weighted by molar-refractivity contribution is 5.94. The van der Waals surface area contributed by atoms with Gasteiger partial charge in [-0.05, 0) is 30.6 Å². The topological polar surface area (TPSA) is 86.7 Å². The van der Waals surface area contributed by atoms with Gasteiger partial charge < -0.3 is 10.0 Å². The Balaban J connectivity index is 2.33. The Labute approximate surface area is 125 Å². The number of hydrogen-bond acceptors (Lipinski definition) is 3. The molecule has 2 N–H and O–H groups in total. The Bertz CT molecular complexity index is 387. The number of amides is 3. The molecular weight excluding hydrogens is 272 g/mol. The van der Waals surface area contributed by atoms with Crippen LogP contribution in [-0.2, 0) is 9.59 Å². The van der Waals surface area contributed by atoms with Crippen LogP contribution in [0.5, 0.6) is 0 Å². The Kier molecular flexibility index (Phi) is 6.65. The molecule has 0 spiro atoms. The van der Waals surface area contributed by atoms with Crippen LogP contribution in [0.4, 0.5) is 4.79 Å². The molecule has 6 nitrogen and oxygen atoms in total. The summed E-state index contributed by atoms with van der Waals surface area (Å²) in [7, 11) is 0. The monoisotopic (exact) mass is 298 g/mol. The summed E-state index contributed by atoms with van der Waals surface area (Å²) in [4.78, 5) is 35.9. The lowest BCUT2D eigenvalue weighted by Crippen LogP contribution is -2.47. The molecule has 1 fully saturated rings.